The van der Waals surface area contributed by atoms with E-state index in [-0.39, 0.29) is 40.1 Å². The van der Waals surface area contributed by atoms with Gasteiger partial charge in [-0.15, -0.1) is 0 Å². The maximum atomic E-state index is 14.9. The van der Waals surface area contributed by atoms with Crippen molar-refractivity contribution in [3.05, 3.63) is 76.2 Å². The first-order chi connectivity index (χ1) is 25.4. The number of rotatable bonds is 5. The van der Waals surface area contributed by atoms with Crippen LogP contribution in [0.25, 0.3) is 16.5 Å². The van der Waals surface area contributed by atoms with Crippen molar-refractivity contribution in [3.63, 3.8) is 0 Å². The molecule has 55 heavy (non-hydrogen) atoms. The minimum atomic E-state index is -0.864. The molecular weight excluding hydrogens is 689 g/mol. The molecule has 6 aliphatic rings. The zero-order chi connectivity index (χ0) is 40.2. The number of methoxy groups -OCH3 is 1. The number of Topliss-reactive ketones (excluding diaryl/α,β-unsaturated/α-hetero) is 1. The van der Waals surface area contributed by atoms with Crippen molar-refractivity contribution in [1.29, 1.82) is 0 Å². The van der Waals surface area contributed by atoms with Gasteiger partial charge in [-0.2, -0.15) is 0 Å². The van der Waals surface area contributed by atoms with Crippen LogP contribution in [0.1, 0.15) is 147 Å². The summed E-state index contributed by atoms with van der Waals surface area (Å²) in [5, 5.41) is 28.2. The standard InChI is InChI=1S/C47H62N2O6/c1-24(2)36-39(52)34-33-26(29-23-43(6,7)55-44(8,9)35(29)38(33)51)22-27-28-21-25-16-17-31-45(10,19-14-15-30(54-13)41(53)48-42(3,4)5)32(50)18-20-46(31,11)47(25,12)40(28)49(36)37(27)34/h14-15,19,22-23,25,31-32,35-36,38,50-51H,1,16-18,20-21H2,2-13H3,(H,48,53)/b19-14+,30-15-/t25-,31-,32-,35+,36-,38+,45-,46-,47+/m0/s1. The van der Waals surface area contributed by atoms with E-state index in [4.69, 9.17) is 9.47 Å². The monoisotopic (exact) mass is 750 g/mol. The Labute approximate surface area is 327 Å². The van der Waals surface area contributed by atoms with Gasteiger partial charge in [0.05, 0.1) is 41.6 Å². The molecule has 9 atom stereocenters. The molecule has 296 valence electrons. The molecule has 2 aliphatic heterocycles. The van der Waals surface area contributed by atoms with Crippen molar-refractivity contribution in [1.82, 2.24) is 9.88 Å². The Morgan fingerprint density at radius 1 is 1.09 bits per heavy atom. The number of aliphatic hydroxyl groups excluding tert-OH is 2. The number of carbonyl (C=O) groups excluding carboxylic acids is 2. The lowest BCUT2D eigenvalue weighted by molar-refractivity contribution is -0.144. The van der Waals surface area contributed by atoms with Crippen LogP contribution in [-0.4, -0.2) is 56.4 Å². The van der Waals surface area contributed by atoms with Gasteiger partial charge in [-0.05, 0) is 140 Å². The zero-order valence-electron chi connectivity index (χ0n) is 35.1. The van der Waals surface area contributed by atoms with Crippen LogP contribution in [0.3, 0.4) is 0 Å². The lowest BCUT2D eigenvalue weighted by Gasteiger charge is -2.64. The van der Waals surface area contributed by atoms with Gasteiger partial charge >= 0.3 is 0 Å². The number of ketones is 1. The Balaban J connectivity index is 1.29. The molecule has 8 rings (SSSR count). The molecule has 8 heteroatoms. The highest BCUT2D eigenvalue weighted by molar-refractivity contribution is 6.18. The second-order valence-electron chi connectivity index (χ2n) is 20.6. The van der Waals surface area contributed by atoms with Gasteiger partial charge in [-0.3, -0.25) is 9.59 Å². The fraction of sp³-hybridized carbons (Fsp3) is 0.617. The third kappa shape index (κ3) is 5.05. The number of hydrogen-bond acceptors (Lipinski definition) is 6. The number of benzene rings is 1. The van der Waals surface area contributed by atoms with Crippen LogP contribution < -0.4 is 5.32 Å². The summed E-state index contributed by atoms with van der Waals surface area (Å²) in [4.78, 5) is 27.9. The molecule has 1 aromatic carbocycles. The fourth-order valence-electron chi connectivity index (χ4n) is 13.1. The third-order valence-electron chi connectivity index (χ3n) is 15.2. The van der Waals surface area contributed by atoms with Gasteiger partial charge in [-0.25, -0.2) is 0 Å². The highest BCUT2D eigenvalue weighted by atomic mass is 16.5. The molecule has 2 fully saturated rings. The molecule has 2 aromatic rings. The van der Waals surface area contributed by atoms with Crippen molar-refractivity contribution in [3.8, 4) is 0 Å². The number of aromatic nitrogens is 1. The minimum absolute atomic E-state index is 0.0241. The number of aliphatic hydroxyl groups is 2. The lowest BCUT2D eigenvalue weighted by atomic mass is 9.40. The predicted octanol–water partition coefficient (Wildman–Crippen LogP) is 8.60. The van der Waals surface area contributed by atoms with Gasteiger partial charge in [0.25, 0.3) is 5.91 Å². The zero-order valence-corrected chi connectivity index (χ0v) is 35.1. The molecule has 0 bridgehead atoms. The van der Waals surface area contributed by atoms with Crippen molar-refractivity contribution in [2.24, 2.45) is 28.6 Å². The maximum absolute atomic E-state index is 14.9. The largest absolute Gasteiger partial charge is 0.491 e. The van der Waals surface area contributed by atoms with E-state index in [1.165, 1.54) is 18.4 Å². The highest BCUT2D eigenvalue weighted by Crippen LogP contribution is 2.71. The molecule has 2 saturated carbocycles. The molecule has 1 aromatic heterocycles. The van der Waals surface area contributed by atoms with E-state index >= 15 is 0 Å². The molecule has 0 radical (unpaired) electrons. The summed E-state index contributed by atoms with van der Waals surface area (Å²) in [6.45, 7) is 27.5. The van der Waals surface area contributed by atoms with Crippen LogP contribution in [0.5, 0.6) is 0 Å². The smallest absolute Gasteiger partial charge is 0.286 e. The number of allylic oxidation sites excluding steroid dienone is 3. The Morgan fingerprint density at radius 2 is 1.78 bits per heavy atom. The number of nitrogens with one attached hydrogen (secondary N) is 1. The Bertz CT molecular complexity index is 2160. The molecule has 3 heterocycles. The molecule has 3 N–H and O–H groups in total. The predicted molar refractivity (Wildman–Crippen MR) is 217 cm³/mol. The Kier molecular flexibility index (Phi) is 8.24. The van der Waals surface area contributed by atoms with Crippen LogP contribution in [-0.2, 0) is 26.1 Å². The fourth-order valence-corrected chi connectivity index (χ4v) is 13.1. The summed E-state index contributed by atoms with van der Waals surface area (Å²) >= 11 is 0. The number of carbonyl (C=O) groups is 2. The first-order valence-electron chi connectivity index (χ1n) is 20.4. The number of nitrogens with zero attached hydrogens (tertiary/aromatic N) is 1. The third-order valence-corrected chi connectivity index (χ3v) is 15.2. The molecule has 8 nitrogen and oxygen atoms in total. The van der Waals surface area contributed by atoms with E-state index in [1.54, 1.807) is 6.08 Å². The summed E-state index contributed by atoms with van der Waals surface area (Å²) in [6, 6.07) is 1.76. The van der Waals surface area contributed by atoms with Crippen LogP contribution in [0.4, 0.5) is 0 Å². The summed E-state index contributed by atoms with van der Waals surface area (Å²) in [5.74, 6) is 0.187. The van der Waals surface area contributed by atoms with Gasteiger partial charge < -0.3 is 29.6 Å². The van der Waals surface area contributed by atoms with Crippen molar-refractivity contribution in [2.45, 2.75) is 149 Å². The average molecular weight is 751 g/mol. The quantitative estimate of drug-likeness (QED) is 0.122. The second-order valence-corrected chi connectivity index (χ2v) is 20.6. The topological polar surface area (TPSA) is 110 Å². The van der Waals surface area contributed by atoms with Gasteiger partial charge in [0, 0.05) is 38.9 Å². The number of fused-ring (bicyclic) bond motifs is 11. The van der Waals surface area contributed by atoms with Crippen LogP contribution in [0.2, 0.25) is 0 Å². The average Bonchev–Trinajstić information content (AvgIpc) is 3.73. The molecule has 0 spiro atoms. The minimum Gasteiger partial charge on any atom is -0.491 e. The summed E-state index contributed by atoms with van der Waals surface area (Å²) in [7, 11) is 1.51. The number of ether oxygens (including phenoxy) is 2. The van der Waals surface area contributed by atoms with Crippen LogP contribution in [0.15, 0.2) is 48.3 Å². The SMILES string of the molecule is C=C(C)[C@H]1C(=O)c2c3c(cc4c5c(n1c24)[C@@]1(C)[C@@H](CC[C@H]2[C@](C)(/C=C/C=C(\OC)C(=O)NC(C)(C)C)[C@@H](O)CC[C@@]21C)C5)C1=CC(C)(C)OC(C)(C)[C@H]1[C@@H]3O. The van der Waals surface area contributed by atoms with Gasteiger partial charge in [0.1, 0.15) is 6.04 Å². The normalized spacial score (nSPS) is 36.9. The molecule has 0 unspecified atom stereocenters. The first kappa shape index (κ1) is 38.4. The summed E-state index contributed by atoms with van der Waals surface area (Å²) < 4.78 is 14.4. The molecule has 1 amide bonds. The van der Waals surface area contributed by atoms with E-state index < -0.39 is 40.4 Å². The van der Waals surface area contributed by atoms with E-state index in [2.05, 4.69) is 83.1 Å². The van der Waals surface area contributed by atoms with Crippen LogP contribution >= 0.6 is 0 Å². The molecule has 4 aliphatic carbocycles. The summed E-state index contributed by atoms with van der Waals surface area (Å²) in [5.41, 5.74) is 5.15. The maximum Gasteiger partial charge on any atom is 0.286 e. The lowest BCUT2D eigenvalue weighted by Crippen LogP contribution is -2.62. The molecule has 0 saturated heterocycles. The highest BCUT2D eigenvalue weighted by Gasteiger charge is 2.68. The van der Waals surface area contributed by atoms with E-state index in [9.17, 15) is 19.8 Å². The number of amides is 1. The van der Waals surface area contributed by atoms with Crippen molar-refractivity contribution >= 4 is 28.2 Å². The Hall–Kier alpha value is -3.46. The van der Waals surface area contributed by atoms with E-state index in [0.717, 1.165) is 58.9 Å². The Morgan fingerprint density at radius 3 is 2.42 bits per heavy atom. The van der Waals surface area contributed by atoms with Crippen molar-refractivity contribution < 1.29 is 29.3 Å². The second kappa shape index (κ2) is 11.8. The van der Waals surface area contributed by atoms with Gasteiger partial charge in [0.2, 0.25) is 0 Å². The van der Waals surface area contributed by atoms with E-state index in [1.807, 2.05) is 33.8 Å². The van der Waals surface area contributed by atoms with Gasteiger partial charge in [-0.1, -0.05) is 45.1 Å². The van der Waals surface area contributed by atoms with Crippen LogP contribution in [0, 0.1) is 28.6 Å². The number of hydrogen-bond donors (Lipinski definition) is 3. The van der Waals surface area contributed by atoms with E-state index in [0.29, 0.717) is 17.9 Å². The summed E-state index contributed by atoms with van der Waals surface area (Å²) in [6.07, 6.45) is 10.9. The van der Waals surface area contributed by atoms with Gasteiger partial charge in [0.15, 0.2) is 11.5 Å². The molecular formula is C47H62N2O6. The first-order valence-corrected chi connectivity index (χ1v) is 20.4. The van der Waals surface area contributed by atoms with Crippen molar-refractivity contribution in [2.75, 3.05) is 7.11 Å².